The fraction of sp³-hybridized carbons (Fsp3) is 0.643. The monoisotopic (exact) mass is 279 g/mol. The molecule has 1 N–H and O–H groups in total. The number of aromatic nitrogens is 2. The molecule has 6 nitrogen and oxygen atoms in total. The standard InChI is InChI=1S/C14H21N3O3/c1-10(2)9-20-13-7-15-6-12(16-13)17-5-3-4-11(8-17)14(18)19/h6-7,10-11H,3-5,8-9H2,1-2H3,(H,18,19). The van der Waals surface area contributed by atoms with Gasteiger partial charge in [-0.2, -0.15) is 4.98 Å². The van der Waals surface area contributed by atoms with E-state index in [2.05, 4.69) is 23.8 Å². The minimum atomic E-state index is -0.741. The van der Waals surface area contributed by atoms with Gasteiger partial charge in [-0.25, -0.2) is 0 Å². The van der Waals surface area contributed by atoms with Crippen molar-refractivity contribution >= 4 is 11.8 Å². The number of carboxylic acids is 1. The normalized spacial score (nSPS) is 19.1. The van der Waals surface area contributed by atoms with Crippen LogP contribution in [0.1, 0.15) is 26.7 Å². The minimum Gasteiger partial charge on any atom is -0.481 e. The number of nitrogens with zero attached hydrogens (tertiary/aromatic N) is 3. The van der Waals surface area contributed by atoms with E-state index in [1.54, 1.807) is 12.4 Å². The second-order valence-electron chi connectivity index (χ2n) is 5.54. The summed E-state index contributed by atoms with van der Waals surface area (Å²) < 4.78 is 5.56. The van der Waals surface area contributed by atoms with Gasteiger partial charge in [0.25, 0.3) is 0 Å². The molecule has 1 atom stereocenters. The summed E-state index contributed by atoms with van der Waals surface area (Å²) in [5.41, 5.74) is 0. The maximum atomic E-state index is 11.1. The van der Waals surface area contributed by atoms with Crippen molar-refractivity contribution in [3.05, 3.63) is 12.4 Å². The third-order valence-electron chi connectivity index (χ3n) is 3.26. The van der Waals surface area contributed by atoms with Crippen LogP contribution in [0.15, 0.2) is 12.4 Å². The Hall–Kier alpha value is -1.85. The first-order chi connectivity index (χ1) is 9.56. The number of piperidine rings is 1. The molecule has 1 aromatic heterocycles. The van der Waals surface area contributed by atoms with Crippen LogP contribution in [0.3, 0.4) is 0 Å². The van der Waals surface area contributed by atoms with Crippen LogP contribution in [0.25, 0.3) is 0 Å². The summed E-state index contributed by atoms with van der Waals surface area (Å²) >= 11 is 0. The first kappa shape index (κ1) is 14.6. The molecule has 0 saturated carbocycles. The molecule has 110 valence electrons. The summed E-state index contributed by atoms with van der Waals surface area (Å²) in [6.45, 7) is 6.03. The van der Waals surface area contributed by atoms with E-state index in [0.29, 0.717) is 30.8 Å². The van der Waals surface area contributed by atoms with E-state index < -0.39 is 5.97 Å². The summed E-state index contributed by atoms with van der Waals surface area (Å²) in [6.07, 6.45) is 4.83. The first-order valence-corrected chi connectivity index (χ1v) is 6.99. The highest BCUT2D eigenvalue weighted by molar-refractivity contribution is 5.71. The third kappa shape index (κ3) is 3.82. The van der Waals surface area contributed by atoms with Crippen molar-refractivity contribution in [2.45, 2.75) is 26.7 Å². The predicted molar refractivity (Wildman–Crippen MR) is 74.9 cm³/mol. The van der Waals surface area contributed by atoms with E-state index in [9.17, 15) is 4.79 Å². The fourth-order valence-corrected chi connectivity index (χ4v) is 2.20. The van der Waals surface area contributed by atoms with Crippen LogP contribution >= 0.6 is 0 Å². The van der Waals surface area contributed by atoms with Gasteiger partial charge in [0.15, 0.2) is 5.82 Å². The Labute approximate surface area is 118 Å². The van der Waals surface area contributed by atoms with Gasteiger partial charge in [0.1, 0.15) is 0 Å². The highest BCUT2D eigenvalue weighted by atomic mass is 16.5. The molecule has 1 aromatic rings. The Morgan fingerprint density at radius 2 is 2.35 bits per heavy atom. The highest BCUT2D eigenvalue weighted by Gasteiger charge is 2.26. The molecular weight excluding hydrogens is 258 g/mol. The topological polar surface area (TPSA) is 75.5 Å². The van der Waals surface area contributed by atoms with E-state index in [1.807, 2.05) is 4.90 Å². The predicted octanol–water partition coefficient (Wildman–Crippen LogP) is 1.81. The second-order valence-corrected chi connectivity index (χ2v) is 5.54. The van der Waals surface area contributed by atoms with Crippen molar-refractivity contribution in [3.63, 3.8) is 0 Å². The number of anilines is 1. The second kappa shape index (κ2) is 6.54. The summed E-state index contributed by atoms with van der Waals surface area (Å²) in [4.78, 5) is 21.6. The molecule has 1 fully saturated rings. The zero-order valence-corrected chi connectivity index (χ0v) is 12.0. The fourth-order valence-electron chi connectivity index (χ4n) is 2.20. The Balaban J connectivity index is 2.04. The van der Waals surface area contributed by atoms with Gasteiger partial charge in [0.2, 0.25) is 5.88 Å². The average Bonchev–Trinajstić information content (AvgIpc) is 2.45. The van der Waals surface area contributed by atoms with Gasteiger partial charge in [-0.3, -0.25) is 9.78 Å². The molecule has 0 amide bonds. The van der Waals surface area contributed by atoms with Crippen molar-refractivity contribution < 1.29 is 14.6 Å². The number of hydrogen-bond acceptors (Lipinski definition) is 5. The summed E-state index contributed by atoms with van der Waals surface area (Å²) in [7, 11) is 0. The molecule has 0 spiro atoms. The molecule has 1 unspecified atom stereocenters. The van der Waals surface area contributed by atoms with Gasteiger partial charge in [0, 0.05) is 13.1 Å². The molecule has 1 aliphatic rings. The summed E-state index contributed by atoms with van der Waals surface area (Å²) in [6, 6.07) is 0. The number of carbonyl (C=O) groups is 1. The van der Waals surface area contributed by atoms with Crippen LogP contribution < -0.4 is 9.64 Å². The number of rotatable bonds is 5. The van der Waals surface area contributed by atoms with E-state index >= 15 is 0 Å². The maximum Gasteiger partial charge on any atom is 0.308 e. The minimum absolute atomic E-state index is 0.328. The van der Waals surface area contributed by atoms with E-state index in [-0.39, 0.29) is 5.92 Å². The Morgan fingerprint density at radius 1 is 1.55 bits per heavy atom. The van der Waals surface area contributed by atoms with Crippen molar-refractivity contribution in [1.82, 2.24) is 9.97 Å². The lowest BCUT2D eigenvalue weighted by atomic mass is 9.98. The van der Waals surface area contributed by atoms with Crippen LogP contribution in [-0.2, 0) is 4.79 Å². The van der Waals surface area contributed by atoms with Crippen LogP contribution in [0.2, 0.25) is 0 Å². The van der Waals surface area contributed by atoms with Gasteiger partial charge in [0.05, 0.1) is 24.9 Å². The lowest BCUT2D eigenvalue weighted by Crippen LogP contribution is -2.39. The number of ether oxygens (including phenoxy) is 1. The molecule has 2 rings (SSSR count). The van der Waals surface area contributed by atoms with Gasteiger partial charge in [-0.05, 0) is 18.8 Å². The first-order valence-electron chi connectivity index (χ1n) is 6.99. The Kier molecular flexibility index (Phi) is 4.76. The molecular formula is C14H21N3O3. The molecule has 1 aliphatic heterocycles. The lowest BCUT2D eigenvalue weighted by molar-refractivity contribution is -0.141. The Bertz CT molecular complexity index is 465. The van der Waals surface area contributed by atoms with Crippen molar-refractivity contribution in [3.8, 4) is 5.88 Å². The molecule has 2 heterocycles. The van der Waals surface area contributed by atoms with Crippen LogP contribution in [0, 0.1) is 11.8 Å². The van der Waals surface area contributed by atoms with Gasteiger partial charge in [-0.15, -0.1) is 0 Å². The quantitative estimate of drug-likeness (QED) is 0.886. The van der Waals surface area contributed by atoms with Crippen molar-refractivity contribution in [2.24, 2.45) is 11.8 Å². The average molecular weight is 279 g/mol. The SMILES string of the molecule is CC(C)COc1cncc(N2CCCC(C(=O)O)C2)n1. The van der Waals surface area contributed by atoms with Gasteiger partial charge < -0.3 is 14.7 Å². The van der Waals surface area contributed by atoms with E-state index in [1.165, 1.54) is 0 Å². The molecule has 0 bridgehead atoms. The highest BCUT2D eigenvalue weighted by Crippen LogP contribution is 2.22. The third-order valence-corrected chi connectivity index (χ3v) is 3.26. The molecule has 0 aliphatic carbocycles. The van der Waals surface area contributed by atoms with Crippen molar-refractivity contribution in [1.29, 1.82) is 0 Å². The smallest absolute Gasteiger partial charge is 0.308 e. The molecule has 0 aromatic carbocycles. The van der Waals surface area contributed by atoms with Crippen LogP contribution in [0.4, 0.5) is 5.82 Å². The zero-order chi connectivity index (χ0) is 14.5. The summed E-state index contributed by atoms with van der Waals surface area (Å²) in [5.74, 6) is 0.540. The molecule has 1 saturated heterocycles. The molecule has 20 heavy (non-hydrogen) atoms. The number of carboxylic acid groups (broad SMARTS) is 1. The summed E-state index contributed by atoms with van der Waals surface area (Å²) in [5, 5.41) is 9.12. The molecule has 0 radical (unpaired) electrons. The zero-order valence-electron chi connectivity index (χ0n) is 12.0. The molecule has 6 heteroatoms. The maximum absolute atomic E-state index is 11.1. The van der Waals surface area contributed by atoms with Gasteiger partial charge in [-0.1, -0.05) is 13.8 Å². The van der Waals surface area contributed by atoms with Crippen LogP contribution in [-0.4, -0.2) is 40.7 Å². The van der Waals surface area contributed by atoms with E-state index in [4.69, 9.17) is 9.84 Å². The number of hydrogen-bond donors (Lipinski definition) is 1. The van der Waals surface area contributed by atoms with Gasteiger partial charge >= 0.3 is 5.97 Å². The van der Waals surface area contributed by atoms with Crippen molar-refractivity contribution in [2.75, 3.05) is 24.6 Å². The lowest BCUT2D eigenvalue weighted by Gasteiger charge is -2.31. The number of aliphatic carboxylic acids is 1. The van der Waals surface area contributed by atoms with Crippen LogP contribution in [0.5, 0.6) is 5.88 Å². The Morgan fingerprint density at radius 3 is 3.05 bits per heavy atom. The largest absolute Gasteiger partial charge is 0.481 e. The van der Waals surface area contributed by atoms with E-state index in [0.717, 1.165) is 19.4 Å².